The summed E-state index contributed by atoms with van der Waals surface area (Å²) in [5.41, 5.74) is 0.869. The molecule has 0 saturated carbocycles. The lowest BCUT2D eigenvalue weighted by Crippen LogP contribution is -2.50. The van der Waals surface area contributed by atoms with Crippen molar-refractivity contribution in [3.63, 3.8) is 0 Å². The highest BCUT2D eigenvalue weighted by molar-refractivity contribution is 8.00. The van der Waals surface area contributed by atoms with Gasteiger partial charge in [-0.25, -0.2) is 0 Å². The zero-order valence-corrected chi connectivity index (χ0v) is 18.5. The smallest absolute Gasteiger partial charge is 0.236 e. The Bertz CT molecular complexity index is 856. The van der Waals surface area contributed by atoms with E-state index in [-0.39, 0.29) is 23.2 Å². The van der Waals surface area contributed by atoms with Crippen LogP contribution in [0.25, 0.3) is 11.4 Å². The summed E-state index contributed by atoms with van der Waals surface area (Å²) in [6.07, 6.45) is 5.13. The molecule has 0 unspecified atom stereocenters. The maximum atomic E-state index is 13.2. The van der Waals surface area contributed by atoms with Crippen molar-refractivity contribution in [1.82, 2.24) is 19.7 Å². The third-order valence-electron chi connectivity index (χ3n) is 5.45. The van der Waals surface area contributed by atoms with E-state index in [9.17, 15) is 4.79 Å². The second-order valence-electron chi connectivity index (χ2n) is 7.54. The monoisotopic (exact) mass is 414 g/mol. The number of piperidine rings is 1. The number of hydrogen-bond donors (Lipinski definition) is 0. The Morgan fingerprint density at radius 3 is 2.66 bits per heavy atom. The molecule has 3 rings (SSSR count). The summed E-state index contributed by atoms with van der Waals surface area (Å²) in [5.74, 6) is 1.62. The molecule has 0 aliphatic carbocycles. The first-order valence-electron chi connectivity index (χ1n) is 10.1. The molecule has 0 radical (unpaired) electrons. The van der Waals surface area contributed by atoms with Crippen molar-refractivity contribution in [2.45, 2.75) is 69.1 Å². The molecule has 2 heterocycles. The van der Waals surface area contributed by atoms with Crippen molar-refractivity contribution in [2.75, 3.05) is 7.11 Å². The molecule has 1 aliphatic rings. The number of benzene rings is 1. The van der Waals surface area contributed by atoms with Crippen LogP contribution < -0.4 is 4.74 Å². The molecule has 3 atom stereocenters. The van der Waals surface area contributed by atoms with Crippen LogP contribution in [-0.4, -0.2) is 50.0 Å². The Kier molecular flexibility index (Phi) is 7.00. The van der Waals surface area contributed by atoms with Crippen LogP contribution in [0, 0.1) is 0 Å². The molecular formula is C22H30N4O2S. The Morgan fingerprint density at radius 2 is 2.00 bits per heavy atom. The quantitative estimate of drug-likeness (QED) is 0.496. The van der Waals surface area contributed by atoms with Gasteiger partial charge >= 0.3 is 0 Å². The third-order valence-corrected chi connectivity index (χ3v) is 6.52. The third kappa shape index (κ3) is 4.50. The van der Waals surface area contributed by atoms with Gasteiger partial charge in [0.2, 0.25) is 5.91 Å². The highest BCUT2D eigenvalue weighted by Crippen LogP contribution is 2.33. The average molecular weight is 415 g/mol. The second kappa shape index (κ2) is 9.48. The molecule has 1 saturated heterocycles. The molecule has 1 aromatic carbocycles. The largest absolute Gasteiger partial charge is 0.496 e. The number of carbonyl (C=O) groups is 1. The van der Waals surface area contributed by atoms with Crippen LogP contribution in [0.15, 0.2) is 42.1 Å². The predicted molar refractivity (Wildman–Crippen MR) is 117 cm³/mol. The molecule has 6 nitrogen and oxygen atoms in total. The number of nitrogens with zero attached hydrogens (tertiary/aromatic N) is 4. The number of aromatic nitrogens is 3. The fourth-order valence-electron chi connectivity index (χ4n) is 3.97. The SMILES string of the molecule is C=CCn1c(S[C@H](C)C(=O)N2[C@@H](C)CCC[C@@H]2C)nnc1-c1ccccc1OC. The molecule has 1 aromatic heterocycles. The molecule has 0 bridgehead atoms. The topological polar surface area (TPSA) is 60.2 Å². The van der Waals surface area contributed by atoms with Gasteiger partial charge in [-0.2, -0.15) is 0 Å². The van der Waals surface area contributed by atoms with Gasteiger partial charge in [-0.1, -0.05) is 30.0 Å². The van der Waals surface area contributed by atoms with E-state index in [0.717, 1.165) is 24.2 Å². The second-order valence-corrected chi connectivity index (χ2v) is 8.85. The molecular weight excluding hydrogens is 384 g/mol. The van der Waals surface area contributed by atoms with E-state index in [2.05, 4.69) is 35.5 Å². The zero-order chi connectivity index (χ0) is 21.0. The minimum atomic E-state index is -0.240. The number of amides is 1. The van der Waals surface area contributed by atoms with Crippen LogP contribution in [0.3, 0.4) is 0 Å². The number of thioether (sulfide) groups is 1. The number of hydrogen-bond acceptors (Lipinski definition) is 5. The predicted octanol–water partition coefficient (Wildman–Crippen LogP) is 4.41. The first-order valence-corrected chi connectivity index (χ1v) is 11.0. The van der Waals surface area contributed by atoms with Gasteiger partial charge in [-0.05, 0) is 52.2 Å². The summed E-state index contributed by atoms with van der Waals surface area (Å²) >= 11 is 1.45. The summed E-state index contributed by atoms with van der Waals surface area (Å²) in [6.45, 7) is 10.7. The first kappa shape index (κ1) is 21.4. The van der Waals surface area contributed by atoms with Gasteiger partial charge < -0.3 is 9.64 Å². The number of carbonyl (C=O) groups excluding carboxylic acids is 1. The van der Waals surface area contributed by atoms with E-state index in [1.807, 2.05) is 41.8 Å². The maximum Gasteiger partial charge on any atom is 0.236 e. The first-order chi connectivity index (χ1) is 14.0. The molecule has 7 heteroatoms. The maximum absolute atomic E-state index is 13.2. The lowest BCUT2D eigenvalue weighted by Gasteiger charge is -2.40. The molecule has 0 N–H and O–H groups in total. The minimum Gasteiger partial charge on any atom is -0.496 e. The van der Waals surface area contributed by atoms with Crippen molar-refractivity contribution in [2.24, 2.45) is 0 Å². The normalized spacial score (nSPS) is 20.3. The highest BCUT2D eigenvalue weighted by Gasteiger charge is 2.33. The summed E-state index contributed by atoms with van der Waals surface area (Å²) in [6, 6.07) is 8.30. The van der Waals surface area contributed by atoms with Crippen molar-refractivity contribution < 1.29 is 9.53 Å². The molecule has 2 aromatic rings. The van der Waals surface area contributed by atoms with Crippen molar-refractivity contribution >= 4 is 17.7 Å². The zero-order valence-electron chi connectivity index (χ0n) is 17.7. The van der Waals surface area contributed by atoms with Crippen molar-refractivity contribution in [3.05, 3.63) is 36.9 Å². The van der Waals surface area contributed by atoms with Crippen molar-refractivity contribution in [3.8, 4) is 17.1 Å². The van der Waals surface area contributed by atoms with Gasteiger partial charge in [-0.3, -0.25) is 9.36 Å². The number of para-hydroxylation sites is 1. The van der Waals surface area contributed by atoms with Gasteiger partial charge in [0.05, 0.1) is 17.9 Å². The van der Waals surface area contributed by atoms with Gasteiger partial charge in [-0.15, -0.1) is 16.8 Å². The van der Waals surface area contributed by atoms with Gasteiger partial charge in [0, 0.05) is 18.6 Å². The van der Waals surface area contributed by atoms with Crippen LogP contribution in [0.2, 0.25) is 0 Å². The molecule has 156 valence electrons. The Balaban J connectivity index is 1.86. The van der Waals surface area contributed by atoms with Crippen LogP contribution in [0.4, 0.5) is 0 Å². The number of methoxy groups -OCH3 is 1. The lowest BCUT2D eigenvalue weighted by atomic mass is 9.97. The van der Waals surface area contributed by atoms with E-state index in [1.54, 1.807) is 7.11 Å². The molecule has 29 heavy (non-hydrogen) atoms. The number of ether oxygens (including phenoxy) is 1. The highest BCUT2D eigenvalue weighted by atomic mass is 32.2. The van der Waals surface area contributed by atoms with Gasteiger partial charge in [0.15, 0.2) is 11.0 Å². The summed E-state index contributed by atoms with van der Waals surface area (Å²) in [4.78, 5) is 15.2. The summed E-state index contributed by atoms with van der Waals surface area (Å²) in [7, 11) is 1.64. The van der Waals surface area contributed by atoms with E-state index in [0.29, 0.717) is 17.5 Å². The van der Waals surface area contributed by atoms with Gasteiger partial charge in [0.25, 0.3) is 0 Å². The fraction of sp³-hybridized carbons (Fsp3) is 0.500. The van der Waals surface area contributed by atoms with Gasteiger partial charge in [0.1, 0.15) is 5.75 Å². The van der Waals surface area contributed by atoms with E-state index in [1.165, 1.54) is 18.2 Å². The van der Waals surface area contributed by atoms with Crippen molar-refractivity contribution in [1.29, 1.82) is 0 Å². The molecule has 1 fully saturated rings. The Labute approximate surface area is 177 Å². The molecule has 1 aliphatic heterocycles. The van der Waals surface area contributed by atoms with Crippen LogP contribution in [0.5, 0.6) is 5.75 Å². The van der Waals surface area contributed by atoms with Crippen LogP contribution in [0.1, 0.15) is 40.0 Å². The standard InChI is InChI=1S/C22H30N4O2S/c1-6-14-25-20(18-12-7-8-13-19(18)28-5)23-24-22(25)29-17(4)21(27)26-15(2)10-9-11-16(26)3/h6-8,12-13,15-17H,1,9-11,14H2,2-5H3/t15-,16-,17+/m0/s1. The summed E-state index contributed by atoms with van der Waals surface area (Å²) in [5, 5.41) is 9.27. The van der Waals surface area contributed by atoms with E-state index in [4.69, 9.17) is 4.74 Å². The Hall–Kier alpha value is -2.28. The van der Waals surface area contributed by atoms with Crippen LogP contribution >= 0.6 is 11.8 Å². The lowest BCUT2D eigenvalue weighted by molar-refractivity contribution is -0.136. The Morgan fingerprint density at radius 1 is 1.31 bits per heavy atom. The van der Waals surface area contributed by atoms with E-state index >= 15 is 0 Å². The number of rotatable bonds is 7. The van der Waals surface area contributed by atoms with E-state index < -0.39 is 0 Å². The summed E-state index contributed by atoms with van der Waals surface area (Å²) < 4.78 is 7.48. The number of likely N-dealkylation sites (tertiary alicyclic amines) is 1. The number of allylic oxidation sites excluding steroid dienone is 1. The van der Waals surface area contributed by atoms with Crippen LogP contribution in [-0.2, 0) is 11.3 Å². The molecule has 0 spiro atoms. The molecule has 1 amide bonds. The minimum absolute atomic E-state index is 0.168. The fourth-order valence-corrected chi connectivity index (χ4v) is 4.89. The average Bonchev–Trinajstić information content (AvgIpc) is 3.10.